The molecule has 0 unspecified atom stereocenters. The normalized spacial score (nSPS) is 11.9. The summed E-state index contributed by atoms with van der Waals surface area (Å²) in [5.74, 6) is -2.18. The zero-order chi connectivity index (χ0) is 14.2. The smallest absolute Gasteiger partial charge is 0.234 e. The lowest BCUT2D eigenvalue weighted by molar-refractivity contribution is -0.141. The molecule has 102 valence electrons. The third kappa shape index (κ3) is 2.70. The summed E-state index contributed by atoms with van der Waals surface area (Å²) >= 11 is 5.43. The van der Waals surface area contributed by atoms with Gasteiger partial charge in [-0.25, -0.2) is 13.5 Å². The first-order valence-electron chi connectivity index (χ1n) is 5.00. The van der Waals surface area contributed by atoms with E-state index in [2.05, 4.69) is 5.10 Å². The van der Waals surface area contributed by atoms with E-state index in [-0.39, 0.29) is 11.4 Å². The third-order valence-corrected chi connectivity index (χ3v) is 2.65. The summed E-state index contributed by atoms with van der Waals surface area (Å²) in [6.07, 6.45) is -3.83. The zero-order valence-electron chi connectivity index (χ0n) is 9.18. The van der Waals surface area contributed by atoms with E-state index in [1.54, 1.807) is 0 Å². The standard InChI is InChI=1S/C11H6ClF5N2/c12-5-6-3-7(13)10(8(14)4-6)19-2-1-9(18-19)11(15,16)17/h1-4H,5H2. The van der Waals surface area contributed by atoms with Crippen molar-refractivity contribution in [3.05, 3.63) is 47.3 Å². The van der Waals surface area contributed by atoms with Crippen molar-refractivity contribution in [2.24, 2.45) is 0 Å². The Bertz CT molecular complexity index is 582. The minimum absolute atomic E-state index is 0.110. The second kappa shape index (κ2) is 4.80. The molecule has 0 saturated heterocycles. The maximum absolute atomic E-state index is 13.6. The molecule has 0 aliphatic rings. The van der Waals surface area contributed by atoms with Gasteiger partial charge < -0.3 is 0 Å². The Morgan fingerprint density at radius 2 is 1.74 bits per heavy atom. The summed E-state index contributed by atoms with van der Waals surface area (Å²) in [6.45, 7) is 0. The molecular weight excluding hydrogens is 291 g/mol. The van der Waals surface area contributed by atoms with Gasteiger partial charge in [0.2, 0.25) is 0 Å². The summed E-state index contributed by atoms with van der Waals surface area (Å²) in [7, 11) is 0. The van der Waals surface area contributed by atoms with Crippen molar-refractivity contribution in [2.45, 2.75) is 12.1 Å². The second-order valence-electron chi connectivity index (χ2n) is 3.69. The van der Waals surface area contributed by atoms with E-state index >= 15 is 0 Å². The maximum Gasteiger partial charge on any atom is 0.435 e. The van der Waals surface area contributed by atoms with E-state index in [0.717, 1.165) is 18.3 Å². The van der Waals surface area contributed by atoms with Crippen LogP contribution in [0, 0.1) is 11.6 Å². The molecule has 0 fully saturated rings. The molecule has 0 saturated carbocycles. The largest absolute Gasteiger partial charge is 0.435 e. The molecule has 0 N–H and O–H groups in total. The zero-order valence-corrected chi connectivity index (χ0v) is 9.93. The highest BCUT2D eigenvalue weighted by molar-refractivity contribution is 6.17. The number of rotatable bonds is 2. The summed E-state index contributed by atoms with van der Waals surface area (Å²) < 4.78 is 64.9. The van der Waals surface area contributed by atoms with Gasteiger partial charge in [-0.1, -0.05) is 0 Å². The number of halogens is 6. The van der Waals surface area contributed by atoms with Gasteiger partial charge in [-0.2, -0.15) is 18.3 Å². The van der Waals surface area contributed by atoms with Crippen LogP contribution in [0.5, 0.6) is 0 Å². The molecule has 0 spiro atoms. The second-order valence-corrected chi connectivity index (χ2v) is 3.95. The van der Waals surface area contributed by atoms with Crippen LogP contribution in [0.2, 0.25) is 0 Å². The molecule has 0 radical (unpaired) electrons. The number of benzene rings is 1. The number of aromatic nitrogens is 2. The first-order valence-corrected chi connectivity index (χ1v) is 5.53. The van der Waals surface area contributed by atoms with Crippen LogP contribution in [-0.2, 0) is 12.1 Å². The average molecular weight is 297 g/mol. The fraction of sp³-hybridized carbons (Fsp3) is 0.182. The van der Waals surface area contributed by atoms with E-state index in [0.29, 0.717) is 10.7 Å². The van der Waals surface area contributed by atoms with Gasteiger partial charge in [0.1, 0.15) is 5.69 Å². The molecular formula is C11H6ClF5N2. The van der Waals surface area contributed by atoms with E-state index in [4.69, 9.17) is 11.6 Å². The average Bonchev–Trinajstić information content (AvgIpc) is 2.76. The van der Waals surface area contributed by atoms with Crippen LogP contribution < -0.4 is 0 Å². The number of hydrogen-bond donors (Lipinski definition) is 0. The van der Waals surface area contributed by atoms with Crippen LogP contribution in [-0.4, -0.2) is 9.78 Å². The Hall–Kier alpha value is -1.63. The van der Waals surface area contributed by atoms with Crippen molar-refractivity contribution >= 4 is 11.6 Å². The molecule has 0 bridgehead atoms. The highest BCUT2D eigenvalue weighted by atomic mass is 35.5. The summed E-state index contributed by atoms with van der Waals surface area (Å²) in [5, 5.41) is 3.11. The van der Waals surface area contributed by atoms with E-state index in [1.165, 1.54) is 0 Å². The van der Waals surface area contributed by atoms with Gasteiger partial charge in [0.25, 0.3) is 0 Å². The van der Waals surface area contributed by atoms with Gasteiger partial charge in [0, 0.05) is 12.1 Å². The summed E-state index contributed by atoms with van der Waals surface area (Å²) in [6, 6.07) is 2.52. The highest BCUT2D eigenvalue weighted by Gasteiger charge is 2.34. The molecule has 0 atom stereocenters. The Morgan fingerprint density at radius 1 is 1.16 bits per heavy atom. The van der Waals surface area contributed by atoms with E-state index < -0.39 is 29.2 Å². The Labute approximate surface area is 109 Å². The van der Waals surface area contributed by atoms with Crippen molar-refractivity contribution < 1.29 is 22.0 Å². The topological polar surface area (TPSA) is 17.8 Å². The molecule has 0 aliphatic carbocycles. The van der Waals surface area contributed by atoms with E-state index in [1.807, 2.05) is 0 Å². The number of hydrogen-bond acceptors (Lipinski definition) is 1. The van der Waals surface area contributed by atoms with E-state index in [9.17, 15) is 22.0 Å². The third-order valence-electron chi connectivity index (χ3n) is 2.34. The van der Waals surface area contributed by atoms with Crippen molar-refractivity contribution in [3.8, 4) is 5.69 Å². The van der Waals surface area contributed by atoms with Gasteiger partial charge in [0.05, 0.1) is 0 Å². The van der Waals surface area contributed by atoms with Gasteiger partial charge in [-0.15, -0.1) is 11.6 Å². The summed E-state index contributed by atoms with van der Waals surface area (Å²) in [5.41, 5.74) is -1.72. The van der Waals surface area contributed by atoms with Gasteiger partial charge in [0.15, 0.2) is 17.3 Å². The molecule has 1 heterocycles. The molecule has 0 amide bonds. The Kier molecular flexibility index (Phi) is 3.49. The molecule has 19 heavy (non-hydrogen) atoms. The fourth-order valence-corrected chi connectivity index (χ4v) is 1.67. The van der Waals surface area contributed by atoms with Crippen LogP contribution in [0.3, 0.4) is 0 Å². The lowest BCUT2D eigenvalue weighted by Crippen LogP contribution is -2.09. The fourth-order valence-electron chi connectivity index (χ4n) is 1.51. The van der Waals surface area contributed by atoms with Crippen molar-refractivity contribution in [3.63, 3.8) is 0 Å². The predicted octanol–water partition coefficient (Wildman–Crippen LogP) is 3.91. The number of alkyl halides is 4. The van der Waals surface area contributed by atoms with Crippen LogP contribution in [0.4, 0.5) is 22.0 Å². The molecule has 1 aromatic carbocycles. The predicted molar refractivity (Wildman–Crippen MR) is 58.0 cm³/mol. The van der Waals surface area contributed by atoms with Crippen LogP contribution in [0.25, 0.3) is 5.69 Å². The molecule has 2 nitrogen and oxygen atoms in total. The molecule has 1 aromatic heterocycles. The highest BCUT2D eigenvalue weighted by Crippen LogP contribution is 2.29. The van der Waals surface area contributed by atoms with Crippen molar-refractivity contribution in [1.29, 1.82) is 0 Å². The Balaban J connectivity index is 2.51. The monoisotopic (exact) mass is 296 g/mol. The van der Waals surface area contributed by atoms with Crippen molar-refractivity contribution in [1.82, 2.24) is 9.78 Å². The number of nitrogens with zero attached hydrogens (tertiary/aromatic N) is 2. The van der Waals surface area contributed by atoms with Gasteiger partial charge in [-0.05, 0) is 23.8 Å². The van der Waals surface area contributed by atoms with Crippen LogP contribution >= 0.6 is 11.6 Å². The molecule has 8 heteroatoms. The minimum Gasteiger partial charge on any atom is -0.234 e. The molecule has 0 aliphatic heterocycles. The molecule has 2 rings (SSSR count). The Morgan fingerprint density at radius 3 is 2.16 bits per heavy atom. The quantitative estimate of drug-likeness (QED) is 0.607. The minimum atomic E-state index is -4.67. The first-order chi connectivity index (χ1) is 8.82. The lowest BCUT2D eigenvalue weighted by Gasteiger charge is -2.07. The molecule has 2 aromatic rings. The van der Waals surface area contributed by atoms with Crippen LogP contribution in [0.1, 0.15) is 11.3 Å². The first kappa shape index (κ1) is 13.8. The maximum atomic E-state index is 13.6. The van der Waals surface area contributed by atoms with Gasteiger partial charge in [-0.3, -0.25) is 0 Å². The van der Waals surface area contributed by atoms with Crippen molar-refractivity contribution in [2.75, 3.05) is 0 Å². The summed E-state index contributed by atoms with van der Waals surface area (Å²) in [4.78, 5) is 0. The van der Waals surface area contributed by atoms with Gasteiger partial charge >= 0.3 is 6.18 Å². The van der Waals surface area contributed by atoms with Crippen LogP contribution in [0.15, 0.2) is 24.4 Å². The SMILES string of the molecule is Fc1cc(CCl)cc(F)c1-n1ccc(C(F)(F)F)n1. The lowest BCUT2D eigenvalue weighted by atomic mass is 10.2.